The maximum Gasteiger partial charge on any atom is 0.219 e. The van der Waals surface area contributed by atoms with Crippen LogP contribution < -0.4 is 9.47 Å². The van der Waals surface area contributed by atoms with Crippen molar-refractivity contribution < 1.29 is 23.7 Å². The number of unbranched alkanes of at least 4 members (excludes halogenated alkanes) is 1. The van der Waals surface area contributed by atoms with Gasteiger partial charge in [-0.15, -0.1) is 0 Å². The number of benzene rings is 1. The molecule has 1 aliphatic carbocycles. The molecular formula is C25H40O5. The first-order valence-corrected chi connectivity index (χ1v) is 11.1. The molecule has 3 atom stereocenters. The van der Waals surface area contributed by atoms with Crippen LogP contribution in [-0.4, -0.2) is 35.0 Å². The van der Waals surface area contributed by atoms with Gasteiger partial charge >= 0.3 is 0 Å². The Labute approximate surface area is 182 Å². The summed E-state index contributed by atoms with van der Waals surface area (Å²) in [6, 6.07) is 3.85. The summed E-state index contributed by atoms with van der Waals surface area (Å²) >= 11 is 0. The van der Waals surface area contributed by atoms with Crippen LogP contribution in [0.25, 0.3) is 0 Å². The molecule has 2 rings (SSSR count). The zero-order valence-corrected chi connectivity index (χ0v) is 20.0. The first kappa shape index (κ1) is 24.7. The van der Waals surface area contributed by atoms with Gasteiger partial charge in [0.25, 0.3) is 0 Å². The average molecular weight is 421 g/mol. The van der Waals surface area contributed by atoms with Gasteiger partial charge in [0.1, 0.15) is 17.1 Å². The molecule has 170 valence electrons. The van der Waals surface area contributed by atoms with Crippen molar-refractivity contribution in [3.8, 4) is 11.5 Å². The SMILES string of the molecule is CCCCC(C)C1(OC)C=CC(OC)(OCCC(C)C)c2c(OC)ccc(OC)c21. The van der Waals surface area contributed by atoms with Crippen LogP contribution in [0, 0.1) is 11.8 Å². The van der Waals surface area contributed by atoms with E-state index in [2.05, 4.69) is 33.8 Å². The monoisotopic (exact) mass is 420 g/mol. The summed E-state index contributed by atoms with van der Waals surface area (Å²) in [5.41, 5.74) is 1.08. The van der Waals surface area contributed by atoms with Crippen LogP contribution >= 0.6 is 0 Å². The van der Waals surface area contributed by atoms with Gasteiger partial charge in [-0.25, -0.2) is 0 Å². The Hall–Kier alpha value is -1.56. The lowest BCUT2D eigenvalue weighted by atomic mass is 9.72. The molecule has 0 saturated heterocycles. The highest BCUT2D eigenvalue weighted by molar-refractivity contribution is 5.59. The van der Waals surface area contributed by atoms with Gasteiger partial charge in [-0.2, -0.15) is 0 Å². The molecule has 5 heteroatoms. The molecular weight excluding hydrogens is 380 g/mol. The fraction of sp³-hybridized carbons (Fsp3) is 0.680. The Morgan fingerprint density at radius 1 is 0.833 bits per heavy atom. The topological polar surface area (TPSA) is 46.2 Å². The number of methoxy groups -OCH3 is 4. The van der Waals surface area contributed by atoms with E-state index in [0.717, 1.165) is 42.6 Å². The summed E-state index contributed by atoms with van der Waals surface area (Å²) in [5, 5.41) is 0. The number of hydrogen-bond donors (Lipinski definition) is 0. The quantitative estimate of drug-likeness (QED) is 0.316. The van der Waals surface area contributed by atoms with Crippen LogP contribution in [-0.2, 0) is 25.6 Å². The van der Waals surface area contributed by atoms with Crippen molar-refractivity contribution in [3.05, 3.63) is 35.4 Å². The zero-order chi connectivity index (χ0) is 22.4. The Morgan fingerprint density at radius 3 is 1.97 bits per heavy atom. The van der Waals surface area contributed by atoms with E-state index >= 15 is 0 Å². The van der Waals surface area contributed by atoms with E-state index in [9.17, 15) is 0 Å². The lowest BCUT2D eigenvalue weighted by Crippen LogP contribution is -2.44. The first-order chi connectivity index (χ1) is 14.4. The van der Waals surface area contributed by atoms with Gasteiger partial charge in [0.2, 0.25) is 5.79 Å². The molecule has 0 bridgehead atoms. The van der Waals surface area contributed by atoms with Crippen LogP contribution in [0.2, 0.25) is 0 Å². The van der Waals surface area contributed by atoms with Crippen molar-refractivity contribution in [1.29, 1.82) is 0 Å². The molecule has 0 heterocycles. The van der Waals surface area contributed by atoms with Crippen molar-refractivity contribution in [2.24, 2.45) is 11.8 Å². The van der Waals surface area contributed by atoms with E-state index in [0.29, 0.717) is 18.3 Å². The van der Waals surface area contributed by atoms with Gasteiger partial charge < -0.3 is 23.7 Å². The molecule has 0 saturated carbocycles. The molecule has 0 spiro atoms. The Kier molecular flexibility index (Phi) is 8.77. The predicted molar refractivity (Wildman–Crippen MR) is 120 cm³/mol. The molecule has 1 aromatic carbocycles. The summed E-state index contributed by atoms with van der Waals surface area (Å²) in [4.78, 5) is 0. The number of fused-ring (bicyclic) bond motifs is 1. The zero-order valence-electron chi connectivity index (χ0n) is 20.0. The van der Waals surface area contributed by atoms with Crippen LogP contribution in [0.5, 0.6) is 11.5 Å². The number of hydrogen-bond acceptors (Lipinski definition) is 5. The van der Waals surface area contributed by atoms with Crippen molar-refractivity contribution in [2.45, 2.75) is 64.8 Å². The molecule has 0 aromatic heterocycles. The lowest BCUT2D eigenvalue weighted by Gasteiger charge is -2.45. The highest BCUT2D eigenvalue weighted by Crippen LogP contribution is 2.54. The molecule has 5 nitrogen and oxygen atoms in total. The first-order valence-electron chi connectivity index (χ1n) is 11.1. The highest BCUT2D eigenvalue weighted by atomic mass is 16.7. The van der Waals surface area contributed by atoms with Gasteiger partial charge in [-0.3, -0.25) is 0 Å². The fourth-order valence-electron chi connectivity index (χ4n) is 4.34. The second-order valence-corrected chi connectivity index (χ2v) is 8.50. The molecule has 0 amide bonds. The lowest BCUT2D eigenvalue weighted by molar-refractivity contribution is -0.204. The van der Waals surface area contributed by atoms with Gasteiger partial charge in [0.15, 0.2) is 0 Å². The Bertz CT molecular complexity index is 714. The van der Waals surface area contributed by atoms with E-state index in [-0.39, 0.29) is 5.92 Å². The summed E-state index contributed by atoms with van der Waals surface area (Å²) < 4.78 is 30.3. The maximum absolute atomic E-state index is 6.40. The number of rotatable bonds is 12. The summed E-state index contributed by atoms with van der Waals surface area (Å²) in [6.07, 6.45) is 8.31. The standard InChI is InChI=1S/C25H40O5/c1-9-10-11-19(4)24(28-7)15-16-25(29-8,30-17-14-18(2)3)23-21(27-6)13-12-20(26-5)22(23)24/h12-13,15-16,18-19H,9-11,14,17H2,1-8H3. The third-order valence-corrected chi connectivity index (χ3v) is 6.23. The third kappa shape index (κ3) is 4.53. The van der Waals surface area contributed by atoms with Crippen molar-refractivity contribution in [1.82, 2.24) is 0 Å². The van der Waals surface area contributed by atoms with Gasteiger partial charge in [-0.1, -0.05) is 40.5 Å². The normalized spacial score (nSPS) is 24.0. The van der Waals surface area contributed by atoms with Crippen LogP contribution in [0.15, 0.2) is 24.3 Å². The summed E-state index contributed by atoms with van der Waals surface area (Å²) in [7, 11) is 6.78. The summed E-state index contributed by atoms with van der Waals surface area (Å²) in [5.74, 6) is 1.14. The van der Waals surface area contributed by atoms with Crippen molar-refractivity contribution in [3.63, 3.8) is 0 Å². The van der Waals surface area contributed by atoms with Crippen LogP contribution in [0.4, 0.5) is 0 Å². The molecule has 0 fully saturated rings. The molecule has 0 radical (unpaired) electrons. The van der Waals surface area contributed by atoms with E-state index in [1.54, 1.807) is 28.4 Å². The molecule has 0 N–H and O–H groups in total. The molecule has 30 heavy (non-hydrogen) atoms. The summed E-state index contributed by atoms with van der Waals surface area (Å²) in [6.45, 7) is 9.37. The van der Waals surface area contributed by atoms with Crippen LogP contribution in [0.3, 0.4) is 0 Å². The van der Waals surface area contributed by atoms with Gasteiger partial charge in [-0.05, 0) is 49.0 Å². The molecule has 0 aliphatic heterocycles. The van der Waals surface area contributed by atoms with E-state index in [1.165, 1.54) is 0 Å². The van der Waals surface area contributed by atoms with Gasteiger partial charge in [0, 0.05) is 19.8 Å². The predicted octanol–water partition coefficient (Wildman–Crippen LogP) is 5.80. The number of ether oxygens (including phenoxy) is 5. The highest BCUT2D eigenvalue weighted by Gasteiger charge is 2.50. The third-order valence-electron chi connectivity index (χ3n) is 6.23. The minimum atomic E-state index is -1.06. The molecule has 1 aromatic rings. The Balaban J connectivity index is 2.72. The minimum Gasteiger partial charge on any atom is -0.496 e. The average Bonchev–Trinajstić information content (AvgIpc) is 2.76. The Morgan fingerprint density at radius 2 is 1.47 bits per heavy atom. The second kappa shape index (κ2) is 10.7. The molecule has 1 aliphatic rings. The fourth-order valence-corrected chi connectivity index (χ4v) is 4.34. The molecule has 3 unspecified atom stereocenters. The van der Waals surface area contributed by atoms with Gasteiger partial charge in [0.05, 0.1) is 26.4 Å². The second-order valence-electron chi connectivity index (χ2n) is 8.50. The van der Waals surface area contributed by atoms with Crippen molar-refractivity contribution in [2.75, 3.05) is 35.0 Å². The van der Waals surface area contributed by atoms with E-state index in [1.807, 2.05) is 18.2 Å². The maximum atomic E-state index is 6.40. The smallest absolute Gasteiger partial charge is 0.219 e. The van der Waals surface area contributed by atoms with E-state index < -0.39 is 11.4 Å². The van der Waals surface area contributed by atoms with Crippen molar-refractivity contribution >= 4 is 0 Å². The largest absolute Gasteiger partial charge is 0.496 e. The van der Waals surface area contributed by atoms with Crippen LogP contribution in [0.1, 0.15) is 64.5 Å². The van der Waals surface area contributed by atoms with E-state index in [4.69, 9.17) is 23.7 Å². The minimum absolute atomic E-state index is 0.226.